The second kappa shape index (κ2) is 4.35. The van der Waals surface area contributed by atoms with Crippen LogP contribution in [0.25, 0.3) is 0 Å². The number of carboxylic acid groups (broad SMARTS) is 1. The minimum atomic E-state index is -1.34. The normalized spacial score (nSPS) is 19.8. The van der Waals surface area contributed by atoms with Gasteiger partial charge >= 0.3 is 6.16 Å². The molecule has 0 aromatic carbocycles. The second-order valence-electron chi connectivity index (χ2n) is 1.60. The predicted octanol–water partition coefficient (Wildman–Crippen LogP) is 1.27. The third-order valence-corrected chi connectivity index (χ3v) is 0.888. The van der Waals surface area contributed by atoms with Crippen LogP contribution >= 0.6 is 0 Å². The molecule has 4 N–H and O–H groups in total. The van der Waals surface area contributed by atoms with Crippen molar-refractivity contribution in [2.75, 3.05) is 0 Å². The van der Waals surface area contributed by atoms with E-state index in [2.05, 4.69) is 4.74 Å². The molecule has 0 spiro atoms. The summed E-state index contributed by atoms with van der Waals surface area (Å²) in [5, 5.41) is 8.11. The molecule has 11 heavy (non-hydrogen) atoms. The van der Waals surface area contributed by atoms with Gasteiger partial charge in [0.2, 0.25) is 0 Å². The number of hydrogen-bond donors (Lipinski definition) is 2. The van der Waals surface area contributed by atoms with Gasteiger partial charge in [-0.25, -0.2) is 4.79 Å². The molecule has 0 aliphatic carbocycles. The highest BCUT2D eigenvalue weighted by Gasteiger charge is 2.09. The Morgan fingerprint density at radius 1 is 1.55 bits per heavy atom. The molecule has 1 aliphatic heterocycles. The summed E-state index contributed by atoms with van der Waals surface area (Å²) in [6.07, 6.45) is 4.02. The molecule has 0 aromatic rings. The van der Waals surface area contributed by atoms with Gasteiger partial charge in [0, 0.05) is 0 Å². The van der Waals surface area contributed by atoms with E-state index < -0.39 is 12.4 Å². The Hall–Kier alpha value is -1.49. The van der Waals surface area contributed by atoms with Crippen LogP contribution in [-0.2, 0) is 9.47 Å². The van der Waals surface area contributed by atoms with E-state index in [1.165, 1.54) is 12.3 Å². The molecule has 0 amide bonds. The molecule has 5 heteroatoms. The molecule has 0 saturated carbocycles. The Labute approximate surface area is 63.5 Å². The highest BCUT2D eigenvalue weighted by molar-refractivity contribution is 5.57. The van der Waals surface area contributed by atoms with Crippen molar-refractivity contribution in [1.82, 2.24) is 6.15 Å². The van der Waals surface area contributed by atoms with E-state index in [4.69, 9.17) is 9.84 Å². The molecule has 0 bridgehead atoms. The first kappa shape index (κ1) is 9.51. The summed E-state index contributed by atoms with van der Waals surface area (Å²) in [4.78, 5) is 9.91. The molecular weight excluding hydrogens is 150 g/mol. The van der Waals surface area contributed by atoms with E-state index in [0.717, 1.165) is 0 Å². The Morgan fingerprint density at radius 2 is 2.27 bits per heavy atom. The first-order valence-electron chi connectivity index (χ1n) is 2.67. The minimum Gasteiger partial charge on any atom is -0.459 e. The van der Waals surface area contributed by atoms with E-state index in [1.54, 1.807) is 12.2 Å². The monoisotopic (exact) mass is 159 g/mol. The molecule has 0 fully saturated rings. The standard InChI is InChI=1S/C6H6O4.H3N/c7-6(8)10-5-3-1-2-4-9-5;/h1-5H,(H,7,8);1H3. The zero-order chi connectivity index (χ0) is 7.40. The maximum absolute atomic E-state index is 9.91. The fourth-order valence-corrected chi connectivity index (χ4v) is 0.535. The summed E-state index contributed by atoms with van der Waals surface area (Å²) in [5.41, 5.74) is 0. The molecule has 1 aliphatic rings. The molecule has 1 unspecified atom stereocenters. The number of ether oxygens (including phenoxy) is 2. The van der Waals surface area contributed by atoms with Gasteiger partial charge in [-0.05, 0) is 12.2 Å². The van der Waals surface area contributed by atoms with Gasteiger partial charge in [-0.3, -0.25) is 0 Å². The van der Waals surface area contributed by atoms with Crippen molar-refractivity contribution in [3.63, 3.8) is 0 Å². The van der Waals surface area contributed by atoms with Crippen molar-refractivity contribution in [3.05, 3.63) is 24.5 Å². The highest BCUT2D eigenvalue weighted by atomic mass is 16.7. The lowest BCUT2D eigenvalue weighted by Crippen LogP contribution is -2.16. The maximum Gasteiger partial charge on any atom is 0.509 e. The molecule has 1 rings (SSSR count). The molecule has 5 nitrogen and oxygen atoms in total. The zero-order valence-corrected chi connectivity index (χ0v) is 5.77. The number of rotatable bonds is 1. The lowest BCUT2D eigenvalue weighted by atomic mass is 10.4. The summed E-state index contributed by atoms with van der Waals surface area (Å²) in [6, 6.07) is 0. The van der Waals surface area contributed by atoms with E-state index in [0.29, 0.717) is 0 Å². The van der Waals surface area contributed by atoms with Crippen LogP contribution in [0.5, 0.6) is 0 Å². The van der Waals surface area contributed by atoms with E-state index in [9.17, 15) is 4.79 Å². The summed E-state index contributed by atoms with van der Waals surface area (Å²) >= 11 is 0. The average Bonchev–Trinajstić information content (AvgIpc) is 1.88. The van der Waals surface area contributed by atoms with Crippen LogP contribution in [-0.4, -0.2) is 17.6 Å². The molecule has 1 atom stereocenters. The molecule has 0 radical (unpaired) electrons. The maximum atomic E-state index is 9.91. The van der Waals surface area contributed by atoms with Crippen molar-refractivity contribution in [2.24, 2.45) is 0 Å². The van der Waals surface area contributed by atoms with Gasteiger partial charge in [-0.15, -0.1) is 0 Å². The third kappa shape index (κ3) is 3.27. The van der Waals surface area contributed by atoms with Gasteiger partial charge in [-0.1, -0.05) is 6.08 Å². The smallest absolute Gasteiger partial charge is 0.459 e. The van der Waals surface area contributed by atoms with Crippen LogP contribution in [0.1, 0.15) is 0 Å². The summed E-state index contributed by atoms with van der Waals surface area (Å²) in [6.45, 7) is 0. The van der Waals surface area contributed by atoms with Crippen LogP contribution in [0.3, 0.4) is 0 Å². The average molecular weight is 159 g/mol. The van der Waals surface area contributed by atoms with E-state index in [1.807, 2.05) is 0 Å². The van der Waals surface area contributed by atoms with Crippen LogP contribution in [0.15, 0.2) is 24.5 Å². The Balaban J connectivity index is 0.000001000. The van der Waals surface area contributed by atoms with Gasteiger partial charge in [0.15, 0.2) is 0 Å². The fourth-order valence-electron chi connectivity index (χ4n) is 0.535. The Kier molecular flexibility index (Phi) is 3.76. The Bertz CT molecular complexity index is 187. The van der Waals surface area contributed by atoms with Crippen molar-refractivity contribution < 1.29 is 19.4 Å². The van der Waals surface area contributed by atoms with Crippen molar-refractivity contribution >= 4 is 6.16 Å². The Morgan fingerprint density at radius 3 is 2.73 bits per heavy atom. The summed E-state index contributed by atoms with van der Waals surface area (Å²) in [5.74, 6) is 0. The van der Waals surface area contributed by atoms with Crippen molar-refractivity contribution in [3.8, 4) is 0 Å². The van der Waals surface area contributed by atoms with Gasteiger partial charge in [-0.2, -0.15) is 0 Å². The third-order valence-electron chi connectivity index (χ3n) is 0.888. The van der Waals surface area contributed by atoms with Crippen LogP contribution < -0.4 is 6.15 Å². The van der Waals surface area contributed by atoms with Gasteiger partial charge in [0.05, 0.1) is 6.26 Å². The zero-order valence-electron chi connectivity index (χ0n) is 5.77. The second-order valence-corrected chi connectivity index (χ2v) is 1.60. The SMILES string of the molecule is N.O=C(O)OC1C=CC=CO1. The number of carbonyl (C=O) groups is 1. The van der Waals surface area contributed by atoms with Gasteiger partial charge in [0.1, 0.15) is 0 Å². The lowest BCUT2D eigenvalue weighted by Gasteiger charge is -2.12. The van der Waals surface area contributed by atoms with Crippen LogP contribution in [0, 0.1) is 0 Å². The molecule has 62 valence electrons. The summed E-state index contributed by atoms with van der Waals surface area (Å²) < 4.78 is 8.97. The first-order valence-corrected chi connectivity index (χ1v) is 2.67. The van der Waals surface area contributed by atoms with Gasteiger partial charge < -0.3 is 20.7 Å². The molecular formula is C6H9NO4. The first-order chi connectivity index (χ1) is 4.79. The summed E-state index contributed by atoms with van der Waals surface area (Å²) in [7, 11) is 0. The largest absolute Gasteiger partial charge is 0.509 e. The molecule has 1 heterocycles. The van der Waals surface area contributed by atoms with E-state index in [-0.39, 0.29) is 6.15 Å². The van der Waals surface area contributed by atoms with Gasteiger partial charge in [0.25, 0.3) is 6.29 Å². The quantitative estimate of drug-likeness (QED) is 0.562. The van der Waals surface area contributed by atoms with E-state index >= 15 is 0 Å². The molecule has 0 saturated heterocycles. The van der Waals surface area contributed by atoms with Crippen molar-refractivity contribution in [2.45, 2.75) is 6.29 Å². The highest BCUT2D eigenvalue weighted by Crippen LogP contribution is 2.03. The molecule has 0 aromatic heterocycles. The minimum absolute atomic E-state index is 0. The number of hydrogen-bond acceptors (Lipinski definition) is 4. The van der Waals surface area contributed by atoms with Crippen molar-refractivity contribution in [1.29, 1.82) is 0 Å². The lowest BCUT2D eigenvalue weighted by molar-refractivity contribution is -0.0484. The van der Waals surface area contributed by atoms with Crippen LogP contribution in [0.2, 0.25) is 0 Å². The topological polar surface area (TPSA) is 90.8 Å². The van der Waals surface area contributed by atoms with Crippen LogP contribution in [0.4, 0.5) is 4.79 Å². The number of allylic oxidation sites excluding steroid dienone is 2. The fraction of sp³-hybridized carbons (Fsp3) is 0.167. The predicted molar refractivity (Wildman–Crippen MR) is 37.3 cm³/mol.